The Morgan fingerprint density at radius 2 is 2.16 bits per heavy atom. The first-order chi connectivity index (χ1) is 11.5. The molecule has 0 bridgehead atoms. The molecule has 25 heavy (non-hydrogen) atoms. The molecule has 0 saturated carbocycles. The molecule has 1 fully saturated rings. The quantitative estimate of drug-likeness (QED) is 0.757. The molecule has 3 rings (SSSR count). The number of carbonyl (C=O) groups is 2. The second kappa shape index (κ2) is 8.51. The van der Waals surface area contributed by atoms with E-state index in [2.05, 4.69) is 22.9 Å². The van der Waals surface area contributed by atoms with Gasteiger partial charge in [-0.25, -0.2) is 0 Å². The molecule has 3 N–H and O–H groups in total. The maximum absolute atomic E-state index is 12.5. The fraction of sp³-hybridized carbons (Fsp3) is 0.412. The third kappa shape index (κ3) is 4.62. The Hall–Kier alpha value is -1.83. The highest BCUT2D eigenvalue weighted by molar-refractivity contribution is 7.18. The van der Waals surface area contributed by atoms with E-state index in [9.17, 15) is 9.59 Å². The van der Waals surface area contributed by atoms with Crippen molar-refractivity contribution in [3.8, 4) is 0 Å². The highest BCUT2D eigenvalue weighted by Crippen LogP contribution is 2.27. The van der Waals surface area contributed by atoms with Crippen LogP contribution in [-0.2, 0) is 0 Å². The number of carbonyl (C=O) groups excluding carboxylic acids is 2. The Bertz CT molecular complexity index is 730. The number of amides is 2. The van der Waals surface area contributed by atoms with Crippen LogP contribution in [0.4, 0.5) is 5.00 Å². The molecule has 8 heteroatoms. The average molecular weight is 384 g/mol. The van der Waals surface area contributed by atoms with Crippen molar-refractivity contribution in [3.05, 3.63) is 40.7 Å². The number of piperidine rings is 1. The summed E-state index contributed by atoms with van der Waals surface area (Å²) in [7, 11) is 0. The third-order valence-electron chi connectivity index (χ3n) is 4.25. The van der Waals surface area contributed by atoms with Gasteiger partial charge in [-0.3, -0.25) is 9.59 Å². The Balaban J connectivity index is 0.00000225. The number of halogens is 1. The van der Waals surface area contributed by atoms with E-state index >= 15 is 0 Å². The molecule has 2 aromatic rings. The molecule has 1 aliphatic rings. The van der Waals surface area contributed by atoms with E-state index in [0.717, 1.165) is 25.1 Å². The highest BCUT2D eigenvalue weighted by atomic mass is 35.5. The molecular weight excluding hydrogens is 362 g/mol. The Kier molecular flexibility index (Phi) is 6.64. The van der Waals surface area contributed by atoms with Crippen LogP contribution >= 0.6 is 23.7 Å². The van der Waals surface area contributed by atoms with Gasteiger partial charge in [0.1, 0.15) is 0 Å². The number of furan rings is 1. The fourth-order valence-corrected chi connectivity index (χ4v) is 3.74. The zero-order valence-corrected chi connectivity index (χ0v) is 15.8. The van der Waals surface area contributed by atoms with Crippen LogP contribution < -0.4 is 16.0 Å². The first kappa shape index (κ1) is 19.5. The molecular formula is C17H22ClN3O3S. The van der Waals surface area contributed by atoms with Crippen LogP contribution in [0.15, 0.2) is 28.9 Å². The summed E-state index contributed by atoms with van der Waals surface area (Å²) < 4.78 is 5.07. The SMILES string of the molecule is Cc1cc(NC(=O)c2ccco2)sc1C(=O)NC1CNCCC1C.Cl. The van der Waals surface area contributed by atoms with Crippen LogP contribution in [0.3, 0.4) is 0 Å². The molecule has 6 nitrogen and oxygen atoms in total. The largest absolute Gasteiger partial charge is 0.459 e. The smallest absolute Gasteiger partial charge is 0.291 e. The van der Waals surface area contributed by atoms with E-state index in [1.165, 1.54) is 17.6 Å². The number of hydrogen-bond donors (Lipinski definition) is 3. The number of anilines is 1. The molecule has 2 aromatic heterocycles. The second-order valence-electron chi connectivity index (χ2n) is 6.10. The molecule has 0 aliphatic carbocycles. The molecule has 136 valence electrons. The Labute approximate surface area is 156 Å². The van der Waals surface area contributed by atoms with Gasteiger partial charge in [-0.15, -0.1) is 23.7 Å². The molecule has 3 heterocycles. The summed E-state index contributed by atoms with van der Waals surface area (Å²) in [5.74, 6) is 0.289. The predicted molar refractivity (Wildman–Crippen MR) is 101 cm³/mol. The van der Waals surface area contributed by atoms with E-state index in [-0.39, 0.29) is 36.0 Å². The molecule has 2 atom stereocenters. The van der Waals surface area contributed by atoms with Crippen LogP contribution in [-0.4, -0.2) is 30.9 Å². The van der Waals surface area contributed by atoms with Gasteiger partial charge >= 0.3 is 0 Å². The molecule has 2 amide bonds. The maximum Gasteiger partial charge on any atom is 0.291 e. The topological polar surface area (TPSA) is 83.4 Å². The fourth-order valence-electron chi connectivity index (χ4n) is 2.77. The van der Waals surface area contributed by atoms with Gasteiger partial charge in [-0.05, 0) is 49.6 Å². The van der Waals surface area contributed by atoms with Crippen molar-refractivity contribution in [1.82, 2.24) is 10.6 Å². The van der Waals surface area contributed by atoms with Crippen LogP contribution in [0.5, 0.6) is 0 Å². The van der Waals surface area contributed by atoms with Gasteiger partial charge in [-0.2, -0.15) is 0 Å². The van der Waals surface area contributed by atoms with Gasteiger partial charge in [0.2, 0.25) is 0 Å². The molecule has 1 saturated heterocycles. The van der Waals surface area contributed by atoms with Gasteiger partial charge in [-0.1, -0.05) is 6.92 Å². The lowest BCUT2D eigenvalue weighted by atomic mass is 9.95. The van der Waals surface area contributed by atoms with Crippen LogP contribution in [0.2, 0.25) is 0 Å². The van der Waals surface area contributed by atoms with Gasteiger partial charge in [0, 0.05) is 12.6 Å². The first-order valence-corrected chi connectivity index (χ1v) is 8.83. The second-order valence-corrected chi connectivity index (χ2v) is 7.16. The summed E-state index contributed by atoms with van der Waals surface area (Å²) in [4.78, 5) is 25.2. The minimum atomic E-state index is -0.321. The van der Waals surface area contributed by atoms with Crippen molar-refractivity contribution in [2.24, 2.45) is 5.92 Å². The Morgan fingerprint density at radius 3 is 2.84 bits per heavy atom. The van der Waals surface area contributed by atoms with E-state index < -0.39 is 0 Å². The summed E-state index contributed by atoms with van der Waals surface area (Å²) in [5.41, 5.74) is 0.851. The zero-order chi connectivity index (χ0) is 17.1. The van der Waals surface area contributed by atoms with Crippen LogP contribution in [0.25, 0.3) is 0 Å². The molecule has 0 spiro atoms. The maximum atomic E-state index is 12.5. The van der Waals surface area contributed by atoms with Gasteiger partial charge in [0.05, 0.1) is 16.1 Å². The van der Waals surface area contributed by atoms with E-state index in [4.69, 9.17) is 4.42 Å². The molecule has 2 unspecified atom stereocenters. The number of aryl methyl sites for hydroxylation is 1. The lowest BCUT2D eigenvalue weighted by molar-refractivity contribution is 0.0918. The van der Waals surface area contributed by atoms with Crippen molar-refractivity contribution >= 4 is 40.6 Å². The molecule has 1 aliphatic heterocycles. The summed E-state index contributed by atoms with van der Waals surface area (Å²) >= 11 is 1.28. The number of nitrogens with one attached hydrogen (secondary N) is 3. The van der Waals surface area contributed by atoms with Crippen molar-refractivity contribution in [2.75, 3.05) is 18.4 Å². The van der Waals surface area contributed by atoms with E-state index in [0.29, 0.717) is 15.8 Å². The zero-order valence-electron chi connectivity index (χ0n) is 14.1. The molecule has 0 radical (unpaired) electrons. The summed E-state index contributed by atoms with van der Waals surface area (Å²) in [6.07, 6.45) is 2.51. The minimum Gasteiger partial charge on any atom is -0.459 e. The monoisotopic (exact) mass is 383 g/mol. The minimum absolute atomic E-state index is 0. The number of hydrogen-bond acceptors (Lipinski definition) is 5. The van der Waals surface area contributed by atoms with Crippen molar-refractivity contribution in [1.29, 1.82) is 0 Å². The lowest BCUT2D eigenvalue weighted by Gasteiger charge is -2.30. The predicted octanol–water partition coefficient (Wildman–Crippen LogP) is 3.05. The van der Waals surface area contributed by atoms with Crippen molar-refractivity contribution in [2.45, 2.75) is 26.3 Å². The van der Waals surface area contributed by atoms with Crippen molar-refractivity contribution in [3.63, 3.8) is 0 Å². The van der Waals surface area contributed by atoms with E-state index in [1.54, 1.807) is 12.1 Å². The summed E-state index contributed by atoms with van der Waals surface area (Å²) in [6.45, 7) is 5.81. The van der Waals surface area contributed by atoms with Crippen LogP contribution in [0.1, 0.15) is 39.1 Å². The normalized spacial score (nSPS) is 19.8. The van der Waals surface area contributed by atoms with Crippen LogP contribution in [0, 0.1) is 12.8 Å². The summed E-state index contributed by atoms with van der Waals surface area (Å²) in [6, 6.07) is 5.20. The summed E-state index contributed by atoms with van der Waals surface area (Å²) in [5, 5.41) is 9.80. The van der Waals surface area contributed by atoms with Gasteiger partial charge < -0.3 is 20.4 Å². The number of thiophene rings is 1. The lowest BCUT2D eigenvalue weighted by Crippen LogP contribution is -2.50. The van der Waals surface area contributed by atoms with Gasteiger partial charge in [0.15, 0.2) is 5.76 Å². The van der Waals surface area contributed by atoms with Gasteiger partial charge in [0.25, 0.3) is 11.8 Å². The molecule has 0 aromatic carbocycles. The van der Waals surface area contributed by atoms with E-state index in [1.807, 2.05) is 13.0 Å². The average Bonchev–Trinajstić information content (AvgIpc) is 3.19. The number of rotatable bonds is 4. The Morgan fingerprint density at radius 1 is 1.36 bits per heavy atom. The third-order valence-corrected chi connectivity index (χ3v) is 5.40. The standard InChI is InChI=1S/C17H21N3O3S.ClH/c1-10-5-6-18-9-12(10)19-17(22)15-11(2)8-14(24-15)20-16(21)13-4-3-7-23-13;/h3-4,7-8,10,12,18H,5-6,9H2,1-2H3,(H,19,22)(H,20,21);1H. The first-order valence-electron chi connectivity index (χ1n) is 8.01. The highest BCUT2D eigenvalue weighted by Gasteiger charge is 2.24. The van der Waals surface area contributed by atoms with Crippen molar-refractivity contribution < 1.29 is 14.0 Å².